The van der Waals surface area contributed by atoms with Gasteiger partial charge in [-0.2, -0.15) is 0 Å². The second kappa shape index (κ2) is 8.13. The molecule has 0 spiro atoms. The van der Waals surface area contributed by atoms with Gasteiger partial charge in [0.1, 0.15) is 0 Å². The molecule has 0 saturated carbocycles. The normalized spacial score (nSPS) is 16.5. The van der Waals surface area contributed by atoms with E-state index in [0.29, 0.717) is 5.92 Å². The third kappa shape index (κ3) is 3.63. The van der Waals surface area contributed by atoms with Gasteiger partial charge < -0.3 is 0 Å². The maximum absolute atomic E-state index is 2.41. The van der Waals surface area contributed by atoms with Gasteiger partial charge in [0.05, 0.1) is 0 Å². The average Bonchev–Trinajstić information content (AvgIpc) is 2.97. The Labute approximate surface area is 176 Å². The molecule has 0 saturated heterocycles. The lowest BCUT2D eigenvalue weighted by Crippen LogP contribution is -2.26. The third-order valence-corrected chi connectivity index (χ3v) is 8.94. The smallest absolute Gasteiger partial charge is 0.000427 e. The van der Waals surface area contributed by atoms with Crippen molar-refractivity contribution in [1.82, 2.24) is 0 Å². The number of hydrogen-bond acceptors (Lipinski definition) is 0. The summed E-state index contributed by atoms with van der Waals surface area (Å²) in [6.45, 7) is 11.4. The predicted molar refractivity (Wildman–Crippen MR) is 130 cm³/mol. The lowest BCUT2D eigenvalue weighted by atomic mass is 9.94. The van der Waals surface area contributed by atoms with Gasteiger partial charge >= 0.3 is 0 Å². The van der Waals surface area contributed by atoms with E-state index in [1.165, 1.54) is 49.3 Å². The third-order valence-electron chi connectivity index (χ3n) is 6.10. The van der Waals surface area contributed by atoms with E-state index in [9.17, 15) is 0 Å². The first-order chi connectivity index (χ1) is 14.0. The van der Waals surface area contributed by atoms with Crippen LogP contribution >= 0.6 is 7.92 Å². The number of hydrogen-bond donors (Lipinski definition) is 0. The highest BCUT2D eigenvalue weighted by molar-refractivity contribution is 7.80. The van der Waals surface area contributed by atoms with E-state index in [1.54, 1.807) is 0 Å². The van der Waals surface area contributed by atoms with E-state index in [-0.39, 0.29) is 0 Å². The van der Waals surface area contributed by atoms with E-state index in [2.05, 4.69) is 113 Å². The first-order valence-corrected chi connectivity index (χ1v) is 11.7. The molecular weight excluding hydrogens is 367 g/mol. The fraction of sp³-hybridized carbons (Fsp3) is 0.214. The van der Waals surface area contributed by atoms with E-state index in [4.69, 9.17) is 0 Å². The molecule has 1 unspecified atom stereocenters. The Hall–Kier alpha value is -2.43. The molecule has 1 aliphatic rings. The van der Waals surface area contributed by atoms with Crippen molar-refractivity contribution in [2.24, 2.45) is 5.92 Å². The van der Waals surface area contributed by atoms with Gasteiger partial charge in [-0.3, -0.25) is 0 Å². The van der Waals surface area contributed by atoms with Gasteiger partial charge in [-0.05, 0) is 79.4 Å². The lowest BCUT2D eigenvalue weighted by molar-refractivity contribution is 0.977. The van der Waals surface area contributed by atoms with Crippen molar-refractivity contribution in [3.8, 4) is 0 Å². The monoisotopic (exact) mass is 396 g/mol. The average molecular weight is 397 g/mol. The molecule has 1 atom stereocenters. The number of benzene rings is 3. The molecular formula is C28H29P. The zero-order valence-corrected chi connectivity index (χ0v) is 18.9. The van der Waals surface area contributed by atoms with Crippen molar-refractivity contribution in [2.75, 3.05) is 0 Å². The van der Waals surface area contributed by atoms with Gasteiger partial charge in [0.2, 0.25) is 0 Å². The van der Waals surface area contributed by atoms with E-state index >= 15 is 0 Å². The highest BCUT2D eigenvalue weighted by atomic mass is 31.1. The van der Waals surface area contributed by atoms with Gasteiger partial charge in [0.25, 0.3) is 0 Å². The molecule has 4 rings (SSSR count). The van der Waals surface area contributed by atoms with Crippen LogP contribution in [0.2, 0.25) is 0 Å². The second-order valence-electron chi connectivity index (χ2n) is 8.10. The van der Waals surface area contributed by atoms with Crippen LogP contribution in [0, 0.1) is 19.8 Å². The molecule has 3 aromatic rings. The maximum Gasteiger partial charge on any atom is 0.000427 e. The molecule has 0 bridgehead atoms. The molecule has 0 heterocycles. The quantitative estimate of drug-likeness (QED) is 0.446. The Balaban J connectivity index is 2.00. The molecule has 0 aliphatic heterocycles. The molecule has 29 heavy (non-hydrogen) atoms. The Morgan fingerprint density at radius 1 is 0.621 bits per heavy atom. The molecule has 146 valence electrons. The second-order valence-corrected chi connectivity index (χ2v) is 10.2. The van der Waals surface area contributed by atoms with Crippen molar-refractivity contribution in [2.45, 2.75) is 34.6 Å². The van der Waals surface area contributed by atoms with Gasteiger partial charge in [0.15, 0.2) is 0 Å². The summed E-state index contributed by atoms with van der Waals surface area (Å²) >= 11 is 0. The summed E-state index contributed by atoms with van der Waals surface area (Å²) < 4.78 is 0. The SMILES string of the molecule is CC1=CC(C)C(c2ccccc2P(c2ccccc2C)c2ccccc2C)=C1C. The summed E-state index contributed by atoms with van der Waals surface area (Å²) in [6.07, 6.45) is 2.41. The molecule has 0 amide bonds. The summed E-state index contributed by atoms with van der Waals surface area (Å²) in [6, 6.07) is 26.9. The molecule has 3 aromatic carbocycles. The van der Waals surface area contributed by atoms with Crippen LogP contribution in [0.1, 0.15) is 37.5 Å². The maximum atomic E-state index is 2.41. The van der Waals surface area contributed by atoms with Gasteiger partial charge in [0, 0.05) is 5.92 Å². The highest BCUT2D eigenvalue weighted by Gasteiger charge is 2.27. The highest BCUT2D eigenvalue weighted by Crippen LogP contribution is 2.42. The summed E-state index contributed by atoms with van der Waals surface area (Å²) in [5.74, 6) is 0.460. The van der Waals surface area contributed by atoms with Gasteiger partial charge in [-0.25, -0.2) is 0 Å². The Kier molecular flexibility index (Phi) is 5.57. The van der Waals surface area contributed by atoms with Crippen LogP contribution in [-0.4, -0.2) is 0 Å². The van der Waals surface area contributed by atoms with Crippen LogP contribution in [0.3, 0.4) is 0 Å². The largest absolute Gasteiger partial charge is 0.0740 e. The Morgan fingerprint density at radius 3 is 1.59 bits per heavy atom. The van der Waals surface area contributed by atoms with Crippen molar-refractivity contribution < 1.29 is 0 Å². The number of rotatable bonds is 4. The molecule has 1 heteroatoms. The van der Waals surface area contributed by atoms with Gasteiger partial charge in [-0.15, -0.1) is 0 Å². The topological polar surface area (TPSA) is 0 Å². The minimum absolute atomic E-state index is 0.460. The Bertz CT molecular complexity index is 1070. The zero-order valence-electron chi connectivity index (χ0n) is 18.0. The van der Waals surface area contributed by atoms with E-state index < -0.39 is 7.92 Å². The molecule has 1 aliphatic carbocycles. The fourth-order valence-corrected chi connectivity index (χ4v) is 7.27. The molecule has 0 nitrogen and oxygen atoms in total. The van der Waals surface area contributed by atoms with Crippen molar-refractivity contribution >= 4 is 29.4 Å². The number of aryl methyl sites for hydroxylation is 2. The van der Waals surface area contributed by atoms with Gasteiger partial charge in [-0.1, -0.05) is 91.4 Å². The fourth-order valence-electron chi connectivity index (χ4n) is 4.50. The molecule has 0 aromatic heterocycles. The predicted octanol–water partition coefficient (Wildman–Crippen LogP) is 6.43. The van der Waals surface area contributed by atoms with Crippen LogP contribution in [0.4, 0.5) is 0 Å². The summed E-state index contributed by atoms with van der Waals surface area (Å²) in [5.41, 5.74) is 8.51. The lowest BCUT2D eigenvalue weighted by Gasteiger charge is -2.26. The van der Waals surface area contributed by atoms with Crippen LogP contribution < -0.4 is 15.9 Å². The standard InChI is InChI=1S/C28H29P/c1-19-12-6-9-15-25(19)29(26-16-10-7-13-20(26)2)27-17-11-8-14-24(27)28-22(4)18-21(3)23(28)5/h6-18,22H,1-5H3. The minimum atomic E-state index is -0.634. The van der Waals surface area contributed by atoms with E-state index in [1.807, 2.05) is 0 Å². The van der Waals surface area contributed by atoms with Crippen LogP contribution in [0.5, 0.6) is 0 Å². The molecule has 0 N–H and O–H groups in total. The number of allylic oxidation sites excluding steroid dienone is 4. The van der Waals surface area contributed by atoms with Crippen LogP contribution in [0.25, 0.3) is 5.57 Å². The molecule has 0 fully saturated rings. The first-order valence-electron chi connectivity index (χ1n) is 10.4. The molecule has 0 radical (unpaired) electrons. The minimum Gasteiger partial charge on any atom is -0.0740 e. The van der Waals surface area contributed by atoms with Crippen molar-refractivity contribution in [3.05, 3.63) is 107 Å². The summed E-state index contributed by atoms with van der Waals surface area (Å²) in [7, 11) is -0.634. The summed E-state index contributed by atoms with van der Waals surface area (Å²) in [5, 5.41) is 4.38. The van der Waals surface area contributed by atoms with Crippen LogP contribution in [0.15, 0.2) is 90.0 Å². The van der Waals surface area contributed by atoms with Crippen molar-refractivity contribution in [3.63, 3.8) is 0 Å². The Morgan fingerprint density at radius 2 is 1.10 bits per heavy atom. The zero-order chi connectivity index (χ0) is 20.5. The summed E-state index contributed by atoms with van der Waals surface area (Å²) in [4.78, 5) is 0. The van der Waals surface area contributed by atoms with E-state index in [0.717, 1.165) is 0 Å². The van der Waals surface area contributed by atoms with Crippen LogP contribution in [-0.2, 0) is 0 Å². The van der Waals surface area contributed by atoms with Crippen molar-refractivity contribution in [1.29, 1.82) is 0 Å². The first kappa shape index (κ1) is 19.9.